The summed E-state index contributed by atoms with van der Waals surface area (Å²) >= 11 is 0. The van der Waals surface area contributed by atoms with Crippen LogP contribution in [-0.2, 0) is 6.18 Å². The zero-order valence-electron chi connectivity index (χ0n) is 14.8. The predicted octanol–water partition coefficient (Wildman–Crippen LogP) is 4.96. The number of amides is 1. The van der Waals surface area contributed by atoms with Gasteiger partial charge in [-0.1, -0.05) is 24.3 Å². The van der Waals surface area contributed by atoms with Gasteiger partial charge in [0.25, 0.3) is 5.91 Å². The van der Waals surface area contributed by atoms with Crippen LogP contribution in [0, 0.1) is 0 Å². The lowest BCUT2D eigenvalue weighted by Gasteiger charge is -2.10. The molecular formula is C21H13F3N4O. The normalized spacial score (nSPS) is 11.4. The van der Waals surface area contributed by atoms with Crippen molar-refractivity contribution < 1.29 is 18.0 Å². The van der Waals surface area contributed by atoms with Gasteiger partial charge >= 0.3 is 6.18 Å². The minimum atomic E-state index is -4.46. The molecular weight excluding hydrogens is 381 g/mol. The molecule has 0 bridgehead atoms. The molecule has 0 spiro atoms. The van der Waals surface area contributed by atoms with E-state index in [1.807, 2.05) is 0 Å². The maximum absolute atomic E-state index is 13.0. The van der Waals surface area contributed by atoms with Crippen LogP contribution in [0.4, 0.5) is 19.0 Å². The fourth-order valence-corrected chi connectivity index (χ4v) is 2.83. The van der Waals surface area contributed by atoms with Gasteiger partial charge in [-0.2, -0.15) is 13.2 Å². The van der Waals surface area contributed by atoms with E-state index in [2.05, 4.69) is 20.3 Å². The number of pyridine rings is 1. The Labute approximate surface area is 163 Å². The van der Waals surface area contributed by atoms with Crippen LogP contribution < -0.4 is 5.32 Å². The molecule has 2 aromatic heterocycles. The molecule has 8 heteroatoms. The van der Waals surface area contributed by atoms with Gasteiger partial charge in [0, 0.05) is 11.8 Å². The standard InChI is InChI=1S/C21H13F3N4O/c22-21(23,24)14-6-3-5-13(11-14)17-12-26-16-8-4-7-15(19(16)27-17)20(29)28-18-9-1-2-10-25-18/h1-12H,(H,25,28,29). The van der Waals surface area contributed by atoms with Gasteiger partial charge in [-0.3, -0.25) is 9.78 Å². The minimum Gasteiger partial charge on any atom is -0.306 e. The molecule has 0 aliphatic carbocycles. The summed E-state index contributed by atoms with van der Waals surface area (Å²) in [7, 11) is 0. The highest BCUT2D eigenvalue weighted by Crippen LogP contribution is 2.32. The molecule has 2 aromatic carbocycles. The number of aromatic nitrogens is 3. The van der Waals surface area contributed by atoms with Crippen LogP contribution >= 0.6 is 0 Å². The average Bonchev–Trinajstić information content (AvgIpc) is 2.73. The highest BCUT2D eigenvalue weighted by molar-refractivity contribution is 6.11. The first-order valence-corrected chi connectivity index (χ1v) is 8.57. The fraction of sp³-hybridized carbons (Fsp3) is 0.0476. The van der Waals surface area contributed by atoms with E-state index >= 15 is 0 Å². The Kier molecular flexibility index (Phi) is 4.67. The summed E-state index contributed by atoms with van der Waals surface area (Å²) in [5.41, 5.74) is 0.702. The highest BCUT2D eigenvalue weighted by atomic mass is 19.4. The van der Waals surface area contributed by atoms with Crippen LogP contribution in [0.2, 0.25) is 0 Å². The number of para-hydroxylation sites is 1. The summed E-state index contributed by atoms with van der Waals surface area (Å²) < 4.78 is 39.1. The van der Waals surface area contributed by atoms with Gasteiger partial charge in [0.05, 0.1) is 28.5 Å². The Morgan fingerprint density at radius 2 is 1.76 bits per heavy atom. The van der Waals surface area contributed by atoms with E-state index < -0.39 is 17.6 Å². The molecule has 144 valence electrons. The van der Waals surface area contributed by atoms with E-state index in [9.17, 15) is 18.0 Å². The van der Waals surface area contributed by atoms with Gasteiger partial charge in [0.15, 0.2) is 0 Å². The Hall–Kier alpha value is -3.81. The topological polar surface area (TPSA) is 67.8 Å². The quantitative estimate of drug-likeness (QED) is 0.533. The zero-order valence-corrected chi connectivity index (χ0v) is 14.8. The molecule has 0 aliphatic heterocycles. The Morgan fingerprint density at radius 3 is 2.52 bits per heavy atom. The first-order valence-electron chi connectivity index (χ1n) is 8.57. The number of anilines is 1. The highest BCUT2D eigenvalue weighted by Gasteiger charge is 2.30. The summed E-state index contributed by atoms with van der Waals surface area (Å²) in [6.07, 6.45) is -1.53. The van der Waals surface area contributed by atoms with Gasteiger partial charge in [-0.25, -0.2) is 9.97 Å². The van der Waals surface area contributed by atoms with Gasteiger partial charge in [-0.05, 0) is 36.4 Å². The number of rotatable bonds is 3. The Bertz CT molecular complexity index is 1190. The molecule has 0 saturated heterocycles. The van der Waals surface area contributed by atoms with Crippen LogP contribution in [-0.4, -0.2) is 20.9 Å². The van der Waals surface area contributed by atoms with Crippen molar-refractivity contribution in [3.63, 3.8) is 0 Å². The van der Waals surface area contributed by atoms with E-state index in [0.29, 0.717) is 11.3 Å². The number of hydrogen-bond acceptors (Lipinski definition) is 4. The smallest absolute Gasteiger partial charge is 0.306 e. The molecule has 29 heavy (non-hydrogen) atoms. The number of fused-ring (bicyclic) bond motifs is 1. The van der Waals surface area contributed by atoms with Crippen LogP contribution in [0.3, 0.4) is 0 Å². The summed E-state index contributed by atoms with van der Waals surface area (Å²) in [4.78, 5) is 25.4. The number of alkyl halides is 3. The van der Waals surface area contributed by atoms with E-state index in [-0.39, 0.29) is 22.3 Å². The number of halogens is 3. The molecule has 2 heterocycles. The number of nitrogens with zero attached hydrogens (tertiary/aromatic N) is 3. The summed E-state index contributed by atoms with van der Waals surface area (Å²) in [5, 5.41) is 2.67. The van der Waals surface area contributed by atoms with Crippen molar-refractivity contribution in [1.82, 2.24) is 15.0 Å². The second-order valence-corrected chi connectivity index (χ2v) is 6.18. The Balaban J connectivity index is 1.76. The molecule has 4 rings (SSSR count). The van der Waals surface area contributed by atoms with E-state index in [0.717, 1.165) is 12.1 Å². The molecule has 0 aliphatic rings. The first-order chi connectivity index (χ1) is 13.9. The monoisotopic (exact) mass is 394 g/mol. The lowest BCUT2D eigenvalue weighted by molar-refractivity contribution is -0.137. The lowest BCUT2D eigenvalue weighted by Crippen LogP contribution is -2.14. The molecule has 0 atom stereocenters. The van der Waals surface area contributed by atoms with Gasteiger partial charge in [-0.15, -0.1) is 0 Å². The van der Waals surface area contributed by atoms with Crippen molar-refractivity contribution in [3.8, 4) is 11.3 Å². The third-order valence-electron chi connectivity index (χ3n) is 4.21. The Morgan fingerprint density at radius 1 is 0.931 bits per heavy atom. The lowest BCUT2D eigenvalue weighted by atomic mass is 10.1. The van der Waals surface area contributed by atoms with Crippen LogP contribution in [0.5, 0.6) is 0 Å². The van der Waals surface area contributed by atoms with Crippen molar-refractivity contribution in [3.05, 3.63) is 84.2 Å². The molecule has 0 radical (unpaired) electrons. The summed E-state index contributed by atoms with van der Waals surface area (Å²) in [6.45, 7) is 0. The molecule has 1 N–H and O–H groups in total. The van der Waals surface area contributed by atoms with Crippen molar-refractivity contribution in [1.29, 1.82) is 0 Å². The minimum absolute atomic E-state index is 0.238. The fourth-order valence-electron chi connectivity index (χ4n) is 2.83. The van der Waals surface area contributed by atoms with Gasteiger partial charge in [0.1, 0.15) is 11.3 Å². The first kappa shape index (κ1) is 18.5. The van der Waals surface area contributed by atoms with Crippen molar-refractivity contribution >= 4 is 22.8 Å². The van der Waals surface area contributed by atoms with Gasteiger partial charge < -0.3 is 5.32 Å². The van der Waals surface area contributed by atoms with Crippen LogP contribution in [0.1, 0.15) is 15.9 Å². The van der Waals surface area contributed by atoms with E-state index in [1.165, 1.54) is 18.3 Å². The molecule has 0 fully saturated rings. The van der Waals surface area contributed by atoms with Crippen molar-refractivity contribution in [2.75, 3.05) is 5.32 Å². The van der Waals surface area contributed by atoms with Gasteiger partial charge in [0.2, 0.25) is 0 Å². The third-order valence-corrected chi connectivity index (χ3v) is 4.21. The molecule has 0 unspecified atom stereocenters. The largest absolute Gasteiger partial charge is 0.416 e. The second-order valence-electron chi connectivity index (χ2n) is 6.18. The number of nitrogens with one attached hydrogen (secondary N) is 1. The molecule has 0 saturated carbocycles. The number of benzene rings is 2. The molecule has 5 nitrogen and oxygen atoms in total. The van der Waals surface area contributed by atoms with Crippen molar-refractivity contribution in [2.24, 2.45) is 0 Å². The maximum Gasteiger partial charge on any atom is 0.416 e. The third kappa shape index (κ3) is 3.91. The summed E-state index contributed by atoms with van der Waals surface area (Å²) in [6, 6.07) is 14.8. The molecule has 4 aromatic rings. The number of carbonyl (C=O) groups excluding carboxylic acids is 1. The summed E-state index contributed by atoms with van der Waals surface area (Å²) in [5.74, 6) is -0.0683. The molecule has 1 amide bonds. The second kappa shape index (κ2) is 7.31. The average molecular weight is 394 g/mol. The van der Waals surface area contributed by atoms with Crippen LogP contribution in [0.15, 0.2) is 73.1 Å². The number of hydrogen-bond donors (Lipinski definition) is 1. The SMILES string of the molecule is O=C(Nc1ccccn1)c1cccc2ncc(-c3cccc(C(F)(F)F)c3)nc12. The van der Waals surface area contributed by atoms with Crippen molar-refractivity contribution in [2.45, 2.75) is 6.18 Å². The van der Waals surface area contributed by atoms with E-state index in [1.54, 1.807) is 42.6 Å². The maximum atomic E-state index is 13.0. The van der Waals surface area contributed by atoms with Crippen LogP contribution in [0.25, 0.3) is 22.3 Å². The number of carbonyl (C=O) groups is 1. The zero-order chi connectivity index (χ0) is 20.4. The predicted molar refractivity (Wildman–Crippen MR) is 102 cm³/mol. The van der Waals surface area contributed by atoms with E-state index in [4.69, 9.17) is 0 Å².